The second-order valence-corrected chi connectivity index (χ2v) is 4.18. The van der Waals surface area contributed by atoms with Crippen LogP contribution in [-0.2, 0) is 6.42 Å². The zero-order valence-electron chi connectivity index (χ0n) is 9.15. The van der Waals surface area contributed by atoms with Crippen molar-refractivity contribution in [1.82, 2.24) is 9.97 Å². The molecule has 0 radical (unpaired) electrons. The smallest absolute Gasteiger partial charge is 0.224 e. The first-order chi connectivity index (χ1) is 8.17. The molecule has 3 nitrogen and oxygen atoms in total. The molecule has 0 saturated heterocycles. The Morgan fingerprint density at radius 3 is 2.47 bits per heavy atom. The molecule has 17 heavy (non-hydrogen) atoms. The van der Waals surface area contributed by atoms with Crippen LogP contribution in [0.4, 0.5) is 0 Å². The molecule has 2 rings (SSSR count). The molecule has 0 bridgehead atoms. The quantitative estimate of drug-likeness (QED) is 0.785. The maximum atomic E-state index is 5.87. The van der Waals surface area contributed by atoms with Gasteiger partial charge < -0.3 is 4.74 Å². The first kappa shape index (κ1) is 12.1. The standard InChI is InChI=1S/C12H10Cl2N2O/c1-2-11-15-10(14)7-12(16-11)17-9-5-3-8(13)4-6-9/h3-7H,2H2,1H3. The molecule has 0 unspecified atom stereocenters. The van der Waals surface area contributed by atoms with Crippen LogP contribution in [0.1, 0.15) is 12.7 Å². The van der Waals surface area contributed by atoms with Gasteiger partial charge in [0.05, 0.1) is 0 Å². The van der Waals surface area contributed by atoms with E-state index in [0.29, 0.717) is 34.1 Å². The molecule has 88 valence electrons. The number of rotatable bonds is 3. The Morgan fingerprint density at radius 1 is 1.12 bits per heavy atom. The van der Waals surface area contributed by atoms with Gasteiger partial charge in [0.2, 0.25) is 5.88 Å². The summed E-state index contributed by atoms with van der Waals surface area (Å²) in [6.45, 7) is 1.96. The van der Waals surface area contributed by atoms with Gasteiger partial charge >= 0.3 is 0 Å². The van der Waals surface area contributed by atoms with Crippen molar-refractivity contribution in [2.45, 2.75) is 13.3 Å². The Morgan fingerprint density at radius 2 is 1.82 bits per heavy atom. The average Bonchev–Trinajstić information content (AvgIpc) is 2.31. The fraction of sp³-hybridized carbons (Fsp3) is 0.167. The Bertz CT molecular complexity index is 514. The molecule has 2 aromatic rings. The van der Waals surface area contributed by atoms with Gasteiger partial charge in [-0.2, -0.15) is 4.98 Å². The van der Waals surface area contributed by atoms with Crippen LogP contribution in [0.15, 0.2) is 30.3 Å². The van der Waals surface area contributed by atoms with E-state index in [-0.39, 0.29) is 0 Å². The number of benzene rings is 1. The molecule has 0 aliphatic carbocycles. The van der Waals surface area contributed by atoms with Gasteiger partial charge in [0.1, 0.15) is 16.7 Å². The molecule has 0 saturated carbocycles. The fourth-order valence-corrected chi connectivity index (χ4v) is 1.59. The highest BCUT2D eigenvalue weighted by molar-refractivity contribution is 6.30. The van der Waals surface area contributed by atoms with E-state index in [2.05, 4.69) is 9.97 Å². The molecule has 0 aliphatic rings. The largest absolute Gasteiger partial charge is 0.439 e. The molecular formula is C12H10Cl2N2O. The van der Waals surface area contributed by atoms with Crippen LogP contribution < -0.4 is 4.74 Å². The van der Waals surface area contributed by atoms with E-state index in [1.54, 1.807) is 30.3 Å². The first-order valence-electron chi connectivity index (χ1n) is 5.14. The van der Waals surface area contributed by atoms with Crippen molar-refractivity contribution in [1.29, 1.82) is 0 Å². The highest BCUT2D eigenvalue weighted by atomic mass is 35.5. The topological polar surface area (TPSA) is 35.0 Å². The minimum absolute atomic E-state index is 0.376. The Kier molecular flexibility index (Phi) is 3.82. The van der Waals surface area contributed by atoms with E-state index in [1.165, 1.54) is 0 Å². The fourth-order valence-electron chi connectivity index (χ4n) is 1.28. The number of hydrogen-bond donors (Lipinski definition) is 0. The Hall–Kier alpha value is -1.32. The number of aryl methyl sites for hydroxylation is 1. The lowest BCUT2D eigenvalue weighted by atomic mass is 10.3. The third-order valence-corrected chi connectivity index (χ3v) is 2.52. The maximum absolute atomic E-state index is 5.87. The van der Waals surface area contributed by atoms with Crippen LogP contribution in [-0.4, -0.2) is 9.97 Å². The number of hydrogen-bond acceptors (Lipinski definition) is 3. The van der Waals surface area contributed by atoms with E-state index in [4.69, 9.17) is 27.9 Å². The van der Waals surface area contributed by atoms with Gasteiger partial charge in [-0.3, -0.25) is 0 Å². The summed E-state index contributed by atoms with van der Waals surface area (Å²) < 4.78 is 5.56. The zero-order chi connectivity index (χ0) is 12.3. The average molecular weight is 269 g/mol. The predicted molar refractivity (Wildman–Crippen MR) is 67.9 cm³/mol. The lowest BCUT2D eigenvalue weighted by Gasteiger charge is -2.06. The molecule has 0 atom stereocenters. The van der Waals surface area contributed by atoms with Crippen molar-refractivity contribution in [2.75, 3.05) is 0 Å². The van der Waals surface area contributed by atoms with Crippen LogP contribution in [0.25, 0.3) is 0 Å². The van der Waals surface area contributed by atoms with Crippen molar-refractivity contribution in [2.24, 2.45) is 0 Å². The second kappa shape index (κ2) is 5.34. The highest BCUT2D eigenvalue weighted by Gasteiger charge is 2.04. The first-order valence-corrected chi connectivity index (χ1v) is 5.90. The Labute approximate surface area is 109 Å². The summed E-state index contributed by atoms with van der Waals surface area (Å²) in [7, 11) is 0. The summed E-state index contributed by atoms with van der Waals surface area (Å²) in [5.41, 5.74) is 0. The van der Waals surface area contributed by atoms with E-state index in [0.717, 1.165) is 0 Å². The minimum Gasteiger partial charge on any atom is -0.439 e. The molecule has 1 aromatic carbocycles. The second-order valence-electron chi connectivity index (χ2n) is 3.35. The van der Waals surface area contributed by atoms with E-state index in [1.807, 2.05) is 6.92 Å². The summed E-state index contributed by atoms with van der Waals surface area (Å²) in [5, 5.41) is 1.04. The van der Waals surface area contributed by atoms with E-state index >= 15 is 0 Å². The molecule has 0 amide bonds. The monoisotopic (exact) mass is 268 g/mol. The van der Waals surface area contributed by atoms with Crippen LogP contribution in [0.2, 0.25) is 10.2 Å². The molecule has 0 aliphatic heterocycles. The summed E-state index contributed by atoms with van der Waals surface area (Å²) in [4.78, 5) is 8.28. The van der Waals surface area contributed by atoms with Crippen molar-refractivity contribution >= 4 is 23.2 Å². The summed E-state index contributed by atoms with van der Waals surface area (Å²) in [6, 6.07) is 8.62. The summed E-state index contributed by atoms with van der Waals surface area (Å²) in [6.07, 6.45) is 0.706. The van der Waals surface area contributed by atoms with Crippen molar-refractivity contribution < 1.29 is 4.74 Å². The molecule has 1 aromatic heterocycles. The lowest BCUT2D eigenvalue weighted by Crippen LogP contribution is -1.96. The number of ether oxygens (including phenoxy) is 1. The predicted octanol–water partition coefficient (Wildman–Crippen LogP) is 4.14. The normalized spacial score (nSPS) is 10.3. The molecule has 0 spiro atoms. The van der Waals surface area contributed by atoms with Gasteiger partial charge in [-0.1, -0.05) is 30.1 Å². The molecule has 5 heteroatoms. The number of nitrogens with zero attached hydrogens (tertiary/aromatic N) is 2. The zero-order valence-corrected chi connectivity index (χ0v) is 10.7. The van der Waals surface area contributed by atoms with E-state index < -0.39 is 0 Å². The molecule has 0 fully saturated rings. The SMILES string of the molecule is CCc1nc(Cl)cc(Oc2ccc(Cl)cc2)n1. The third-order valence-electron chi connectivity index (χ3n) is 2.07. The van der Waals surface area contributed by atoms with Gasteiger partial charge in [0.15, 0.2) is 0 Å². The minimum atomic E-state index is 0.376. The molecule has 1 heterocycles. The van der Waals surface area contributed by atoms with Crippen LogP contribution in [0.5, 0.6) is 11.6 Å². The molecule has 0 N–H and O–H groups in total. The van der Waals surface area contributed by atoms with Crippen molar-refractivity contribution in [3.63, 3.8) is 0 Å². The van der Waals surface area contributed by atoms with Crippen LogP contribution >= 0.6 is 23.2 Å². The van der Waals surface area contributed by atoms with Gasteiger partial charge in [0.25, 0.3) is 0 Å². The number of halogens is 2. The van der Waals surface area contributed by atoms with Gasteiger partial charge in [-0.05, 0) is 24.3 Å². The van der Waals surface area contributed by atoms with Crippen molar-refractivity contribution in [3.8, 4) is 11.6 Å². The number of aromatic nitrogens is 2. The van der Waals surface area contributed by atoms with Crippen molar-refractivity contribution in [3.05, 3.63) is 46.3 Å². The molecular weight excluding hydrogens is 259 g/mol. The lowest BCUT2D eigenvalue weighted by molar-refractivity contribution is 0.459. The highest BCUT2D eigenvalue weighted by Crippen LogP contribution is 2.23. The Balaban J connectivity index is 2.23. The van der Waals surface area contributed by atoms with Gasteiger partial charge in [0, 0.05) is 17.5 Å². The van der Waals surface area contributed by atoms with Crippen LogP contribution in [0.3, 0.4) is 0 Å². The summed E-state index contributed by atoms with van der Waals surface area (Å²) in [5.74, 6) is 1.75. The maximum Gasteiger partial charge on any atom is 0.224 e. The van der Waals surface area contributed by atoms with Crippen LogP contribution in [0, 0.1) is 0 Å². The summed E-state index contributed by atoms with van der Waals surface area (Å²) >= 11 is 11.7. The van der Waals surface area contributed by atoms with Gasteiger partial charge in [-0.15, -0.1) is 0 Å². The van der Waals surface area contributed by atoms with E-state index in [9.17, 15) is 0 Å². The van der Waals surface area contributed by atoms with Gasteiger partial charge in [-0.25, -0.2) is 4.98 Å². The third kappa shape index (κ3) is 3.32.